The van der Waals surface area contributed by atoms with Crippen molar-refractivity contribution in [1.29, 1.82) is 0 Å². The number of ether oxygens (including phenoxy) is 2. The Morgan fingerprint density at radius 2 is 0.599 bits per heavy atom. The minimum Gasteiger partial charge on any atom is -0.444 e. The van der Waals surface area contributed by atoms with Gasteiger partial charge in [-0.25, -0.2) is 9.59 Å². The van der Waals surface area contributed by atoms with Gasteiger partial charge in [-0.15, -0.1) is 0 Å². The number of Topliss-reactive ketones (excluding diaryl/α,β-unsaturated/α-hetero) is 2. The number of rotatable bonds is 34. The zero-order valence-electron chi connectivity index (χ0n) is 91.4. The van der Waals surface area contributed by atoms with E-state index in [9.17, 15) is 86.3 Å². The van der Waals surface area contributed by atoms with Crippen molar-refractivity contribution in [1.82, 2.24) is 87.9 Å². The highest BCUT2D eigenvalue weighted by atomic mass is 16.6. The lowest BCUT2D eigenvalue weighted by Gasteiger charge is -2.36. The molecule has 16 amide bonds. The van der Waals surface area contributed by atoms with Crippen molar-refractivity contribution in [3.63, 3.8) is 0 Å². The predicted octanol–water partition coefficient (Wildman–Crippen LogP) is 8.09. The molecule has 0 saturated carbocycles. The lowest BCUT2D eigenvalue weighted by atomic mass is 9.76. The number of amides is 16. The molecule has 798 valence electrons. The molecule has 2 aromatic rings. The maximum Gasteiger partial charge on any atom is 0.410 e. The summed E-state index contributed by atoms with van der Waals surface area (Å²) in [6, 6.07) is 0.640. The average Bonchev–Trinajstić information content (AvgIpc) is 1.65. The van der Waals surface area contributed by atoms with Gasteiger partial charge < -0.3 is 98.2 Å². The van der Waals surface area contributed by atoms with Gasteiger partial charge in [-0.05, 0) is 233 Å². The van der Waals surface area contributed by atoms with Gasteiger partial charge in [0.25, 0.3) is 23.6 Å². The van der Waals surface area contributed by atoms with Gasteiger partial charge >= 0.3 is 12.2 Å². The molecule has 38 heteroatoms. The van der Waals surface area contributed by atoms with Crippen LogP contribution in [0.5, 0.6) is 0 Å². The van der Waals surface area contributed by atoms with E-state index in [0.717, 1.165) is 4.90 Å². The van der Waals surface area contributed by atoms with E-state index in [0.29, 0.717) is 12.5 Å². The molecule has 4 heterocycles. The Labute approximate surface area is 842 Å². The fourth-order valence-corrected chi connectivity index (χ4v) is 16.5. The minimum atomic E-state index is -1.14. The Hall–Kier alpha value is -11.2. The fourth-order valence-electron chi connectivity index (χ4n) is 16.5. The number of benzene rings is 2. The zero-order valence-corrected chi connectivity index (χ0v) is 91.4. The Bertz CT molecular complexity index is 4450. The molecule has 38 nitrogen and oxygen atoms in total. The molecular weight excluding hydrogens is 1820 g/mol. The van der Waals surface area contributed by atoms with Crippen LogP contribution >= 0.6 is 0 Å². The van der Waals surface area contributed by atoms with E-state index in [1.807, 2.05) is 111 Å². The van der Waals surface area contributed by atoms with E-state index in [1.165, 1.54) is 94.0 Å². The summed E-state index contributed by atoms with van der Waals surface area (Å²) in [5.74, 6) is -8.49. The molecule has 4 aliphatic rings. The standard InChI is InChI=1S/C55H89N9O12.C46H74N8O8.C3H9N/c1-30(2)56-46(69)39-25-36(28-63(39)48(71)38(52(7,8)9)27-41(65)32(5)61(19)50(73)75-54(13,14)15)58-44(67)34-21-23-35(24-22-34)45(68)59-37-26-40(47(70)57-31(3)4)64(29-37)49(72)42(53(10,11)12)60-43(66)33(6)62(20)51(74)76-55(16,17)18;1-15-27(6)38(56)52-37(46(11,12)13)44(62)54-24-32(21-35(54)42(60)49-26(4)5)51-40(58)30-18-16-29(17-19-30)39(57)50-31-20-34(41(59)48-25(2)3)53(23-31)43(61)33(45(8,9)10)22-36(55)28(7)47-14;1-3(2)4/h21-24,30-33,36-40,42H,25-29H2,1-20H3,(H,56,69)(H,57,70)(H,58,67)(H,59,68)(H,60,66);16-19,25-28,31-35,37,47H,15,20-24H2,1-14H3,(H,48,59)(H,49,60)(H,50,57)(H,51,58)(H,52,56);3H,4H2,1-2H3/t32-,33-,36-,37-,38+,39-,40-,42+;27-,28+,31+,32+,33-,34+,35+,37-;/m01./s1. The van der Waals surface area contributed by atoms with Crippen LogP contribution in [0.1, 0.15) is 315 Å². The van der Waals surface area contributed by atoms with Gasteiger partial charge in [0.1, 0.15) is 59.3 Å². The van der Waals surface area contributed by atoms with E-state index >= 15 is 0 Å². The quantitative estimate of drug-likeness (QED) is 0.0315. The summed E-state index contributed by atoms with van der Waals surface area (Å²) in [7, 11) is 4.57. The van der Waals surface area contributed by atoms with Crippen LogP contribution in [0, 0.1) is 39.4 Å². The lowest BCUT2D eigenvalue weighted by Crippen LogP contribution is -2.60. The van der Waals surface area contributed by atoms with E-state index in [2.05, 4.69) is 58.5 Å². The Morgan fingerprint density at radius 3 is 0.824 bits per heavy atom. The Balaban J connectivity index is 0.000000581. The summed E-state index contributed by atoms with van der Waals surface area (Å²) in [5, 5.41) is 32.0. The molecule has 142 heavy (non-hydrogen) atoms. The van der Waals surface area contributed by atoms with Crippen LogP contribution < -0.4 is 64.2 Å². The molecule has 0 spiro atoms. The van der Waals surface area contributed by atoms with Gasteiger partial charge in [-0.3, -0.25) is 81.6 Å². The predicted molar refractivity (Wildman–Crippen MR) is 544 cm³/mol. The molecule has 0 aromatic heterocycles. The number of ketones is 2. The zero-order chi connectivity index (χ0) is 109. The maximum atomic E-state index is 14.6. The smallest absolute Gasteiger partial charge is 0.410 e. The summed E-state index contributed by atoms with van der Waals surface area (Å²) in [4.78, 5) is 253. The van der Waals surface area contributed by atoms with Gasteiger partial charge in [0.2, 0.25) is 59.1 Å². The van der Waals surface area contributed by atoms with E-state index in [4.69, 9.17) is 15.2 Å². The molecule has 4 fully saturated rings. The molecule has 6 rings (SSSR count). The van der Waals surface area contributed by atoms with Crippen LogP contribution in [0.2, 0.25) is 0 Å². The number of carbonyl (C=O) groups excluding carboxylic acids is 18. The number of hydrogen-bond acceptors (Lipinski definition) is 22. The van der Waals surface area contributed by atoms with Crippen LogP contribution in [0.3, 0.4) is 0 Å². The molecule has 4 aliphatic heterocycles. The number of nitrogens with one attached hydrogen (secondary N) is 11. The van der Waals surface area contributed by atoms with Crippen LogP contribution in [0.15, 0.2) is 48.5 Å². The molecule has 0 radical (unpaired) electrons. The largest absolute Gasteiger partial charge is 0.444 e. The van der Waals surface area contributed by atoms with Gasteiger partial charge in [0, 0.05) is 141 Å². The molecular formula is C104H172N18O20. The third-order valence-electron chi connectivity index (χ3n) is 25.1. The third kappa shape index (κ3) is 36.9. The number of likely N-dealkylation sites (N-methyl/N-ethyl adjacent to an activating group) is 3. The minimum absolute atomic E-state index is 0.00266. The van der Waals surface area contributed by atoms with Gasteiger partial charge in [-0.2, -0.15) is 0 Å². The van der Waals surface area contributed by atoms with Crippen molar-refractivity contribution in [3.8, 4) is 0 Å². The first-order valence-corrected chi connectivity index (χ1v) is 49.9. The van der Waals surface area contributed by atoms with Crippen molar-refractivity contribution in [2.45, 2.75) is 393 Å². The summed E-state index contributed by atoms with van der Waals surface area (Å²) in [5.41, 5.74) is 1.53. The Kier molecular flexibility index (Phi) is 45.0. The van der Waals surface area contributed by atoms with E-state index in [-0.39, 0.29) is 152 Å². The summed E-state index contributed by atoms with van der Waals surface area (Å²) >= 11 is 0. The van der Waals surface area contributed by atoms with Crippen molar-refractivity contribution < 1.29 is 95.8 Å². The maximum absolute atomic E-state index is 14.6. The summed E-state index contributed by atoms with van der Waals surface area (Å²) in [6.45, 7) is 59.1. The van der Waals surface area contributed by atoms with Gasteiger partial charge in [0.05, 0.1) is 12.1 Å². The number of nitrogens with two attached hydrogens (primary N) is 1. The van der Waals surface area contributed by atoms with Crippen molar-refractivity contribution >= 4 is 106 Å². The number of nitrogens with zero attached hydrogens (tertiary/aromatic N) is 6. The van der Waals surface area contributed by atoms with Crippen molar-refractivity contribution in [2.75, 3.05) is 47.3 Å². The first-order chi connectivity index (χ1) is 65.0. The Morgan fingerprint density at radius 1 is 0.359 bits per heavy atom. The van der Waals surface area contributed by atoms with Crippen LogP contribution in [0.4, 0.5) is 9.59 Å². The van der Waals surface area contributed by atoms with Gasteiger partial charge in [0.15, 0.2) is 5.78 Å². The molecule has 4 saturated heterocycles. The van der Waals surface area contributed by atoms with E-state index < -0.39 is 195 Å². The second-order valence-corrected chi connectivity index (χ2v) is 46.3. The fraction of sp³-hybridized carbons (Fsp3) is 0.712. The van der Waals surface area contributed by atoms with Crippen LogP contribution in [-0.2, 0) is 67.0 Å². The lowest BCUT2D eigenvalue weighted by molar-refractivity contribution is -0.146. The van der Waals surface area contributed by atoms with Crippen LogP contribution in [-0.4, -0.2) is 303 Å². The molecule has 16 atom stereocenters. The second kappa shape index (κ2) is 51.9. The van der Waals surface area contributed by atoms with Crippen molar-refractivity contribution in [2.24, 2.45) is 45.1 Å². The highest BCUT2D eigenvalue weighted by Crippen LogP contribution is 2.38. The normalized spacial score (nSPS) is 20.0. The molecule has 0 bridgehead atoms. The van der Waals surface area contributed by atoms with E-state index in [1.54, 1.807) is 118 Å². The number of likely N-dealkylation sites (tertiary alicyclic amines) is 4. The first kappa shape index (κ1) is 123. The highest BCUT2D eigenvalue weighted by Gasteiger charge is 2.52. The first-order valence-electron chi connectivity index (χ1n) is 49.9. The summed E-state index contributed by atoms with van der Waals surface area (Å²) in [6.07, 6.45) is -0.549. The van der Waals surface area contributed by atoms with Gasteiger partial charge in [-0.1, -0.05) is 111 Å². The molecule has 2 aromatic carbocycles. The summed E-state index contributed by atoms with van der Waals surface area (Å²) < 4.78 is 10.9. The second-order valence-electron chi connectivity index (χ2n) is 46.3. The molecule has 0 aliphatic carbocycles. The van der Waals surface area contributed by atoms with Crippen LogP contribution in [0.25, 0.3) is 0 Å². The highest BCUT2D eigenvalue weighted by molar-refractivity contribution is 6.02. The number of hydrogen-bond donors (Lipinski definition) is 12. The monoisotopic (exact) mass is 1990 g/mol. The SMILES string of the molecule is CC(C)N.CC(C)NC(=O)[C@@H]1C[C@H](NC(=O)c2ccc(C(=O)N[C@H]3C[C@@H](C(=O)NC(C)C)N(C(=O)[C@@H](NC(=O)[C@H](C)N(C)C(=O)OC(C)(C)C)C(C)(C)C)C3)cc2)CN1C(=O)[C@@H](CC(=O)[C@H](C)N(C)C(=O)OC(C)(C)C)C(C)(C)C.CC[C@@H](C)C(=O)N[C@H](C(=O)N1C[C@@H](NC(=O)c2ccc(C(=O)N[C@H]3C[C@@H](C(=O)NC(C)C)N(C(=O)[C@@H](CC(=O)[C@H](C)NC)C(C)(C)C)C3)cc2)C[C@H]1C(=O)NC(C)C)C(C)(C)C. The molecule has 13 N–H and O–H groups in total. The third-order valence-corrected chi connectivity index (χ3v) is 25.1. The topological polar surface area (TPSA) is 504 Å². The average molecular weight is 1990 g/mol. The number of carbonyl (C=O) groups is 18. The molecule has 0 unspecified atom stereocenters. The van der Waals surface area contributed by atoms with Crippen molar-refractivity contribution in [3.05, 3.63) is 70.8 Å².